The van der Waals surface area contributed by atoms with Gasteiger partial charge in [-0.1, -0.05) is 25.1 Å². The van der Waals surface area contributed by atoms with Gasteiger partial charge in [-0.3, -0.25) is 14.5 Å². The van der Waals surface area contributed by atoms with Crippen LogP contribution in [0.15, 0.2) is 24.3 Å². The first-order valence-electron chi connectivity index (χ1n) is 8.06. The summed E-state index contributed by atoms with van der Waals surface area (Å²) in [5.41, 5.74) is 1.73. The number of benzene rings is 1. The summed E-state index contributed by atoms with van der Waals surface area (Å²) in [5.74, 6) is -0.524. The Hall–Kier alpha value is -2.41. The highest BCUT2D eigenvalue weighted by Crippen LogP contribution is 2.13. The van der Waals surface area contributed by atoms with Gasteiger partial charge in [-0.15, -0.1) is 0 Å². The number of nitrogens with one attached hydrogen (secondary N) is 1. The molecule has 0 unspecified atom stereocenters. The Labute approximate surface area is 141 Å². The van der Waals surface area contributed by atoms with Crippen LogP contribution in [0.3, 0.4) is 0 Å². The zero-order valence-electron chi connectivity index (χ0n) is 14.1. The van der Waals surface area contributed by atoms with Crippen molar-refractivity contribution in [3.63, 3.8) is 0 Å². The molecule has 1 heterocycles. The highest BCUT2D eigenvalue weighted by Gasteiger charge is 2.29. The smallest absolute Gasteiger partial charge is 0.416 e. The number of imide groups is 1. The van der Waals surface area contributed by atoms with Crippen LogP contribution in [0.5, 0.6) is 0 Å². The Morgan fingerprint density at radius 1 is 1.29 bits per heavy atom. The quantitative estimate of drug-likeness (QED) is 0.820. The first-order valence-corrected chi connectivity index (χ1v) is 8.06. The number of carbonyl (C=O) groups is 3. The predicted molar refractivity (Wildman–Crippen MR) is 89.6 cm³/mol. The van der Waals surface area contributed by atoms with Crippen LogP contribution in [0.2, 0.25) is 0 Å². The molecule has 0 aliphatic carbocycles. The minimum Gasteiger partial charge on any atom is -0.447 e. The lowest BCUT2D eigenvalue weighted by atomic mass is 10.2. The first-order chi connectivity index (χ1) is 11.5. The second-order valence-electron chi connectivity index (χ2n) is 5.73. The molecule has 0 bridgehead atoms. The number of hydrogen-bond acceptors (Lipinski definition) is 5. The number of para-hydroxylation sites is 1. The molecule has 2 rings (SSSR count). The highest BCUT2D eigenvalue weighted by atomic mass is 16.6. The molecule has 0 atom stereocenters. The minimum atomic E-state index is -0.610. The van der Waals surface area contributed by atoms with Gasteiger partial charge in [0.05, 0.1) is 19.6 Å². The van der Waals surface area contributed by atoms with E-state index in [1.807, 2.05) is 38.1 Å². The largest absolute Gasteiger partial charge is 0.447 e. The van der Waals surface area contributed by atoms with Gasteiger partial charge in [0, 0.05) is 5.69 Å². The van der Waals surface area contributed by atoms with Crippen LogP contribution in [-0.4, -0.2) is 60.5 Å². The van der Waals surface area contributed by atoms with Gasteiger partial charge in [-0.25, -0.2) is 9.69 Å². The molecular formula is C17H23N3O4. The van der Waals surface area contributed by atoms with Gasteiger partial charge >= 0.3 is 6.09 Å². The summed E-state index contributed by atoms with van der Waals surface area (Å²) in [6.45, 7) is 5.10. The number of carbonyl (C=O) groups excluding carboxylic acids is 3. The molecule has 0 saturated carbocycles. The van der Waals surface area contributed by atoms with E-state index < -0.39 is 6.09 Å². The number of cyclic esters (lactones) is 1. The van der Waals surface area contributed by atoms with Crippen molar-refractivity contribution in [2.45, 2.75) is 20.3 Å². The van der Waals surface area contributed by atoms with Gasteiger partial charge in [-0.05, 0) is 31.5 Å². The molecule has 0 aromatic heterocycles. The first kappa shape index (κ1) is 17.9. The second-order valence-corrected chi connectivity index (χ2v) is 5.73. The van der Waals surface area contributed by atoms with Gasteiger partial charge in [0.25, 0.3) is 0 Å². The SMILES string of the molecule is CCCN(CC(=O)Nc1ccccc1C)CC(=O)N1CCOC1=O. The van der Waals surface area contributed by atoms with Crippen molar-refractivity contribution < 1.29 is 19.1 Å². The lowest BCUT2D eigenvalue weighted by Gasteiger charge is -2.22. The van der Waals surface area contributed by atoms with Crippen molar-refractivity contribution in [2.75, 3.05) is 38.1 Å². The number of anilines is 1. The number of rotatable bonds is 7. The van der Waals surface area contributed by atoms with E-state index in [1.165, 1.54) is 0 Å². The highest BCUT2D eigenvalue weighted by molar-refractivity contribution is 5.95. The molecule has 1 fully saturated rings. The predicted octanol–water partition coefficient (Wildman–Crippen LogP) is 1.62. The minimum absolute atomic E-state index is 0.0180. The van der Waals surface area contributed by atoms with Crippen molar-refractivity contribution in [1.29, 1.82) is 0 Å². The zero-order valence-corrected chi connectivity index (χ0v) is 14.1. The van der Waals surface area contributed by atoms with Crippen molar-refractivity contribution >= 4 is 23.6 Å². The Morgan fingerprint density at radius 3 is 2.67 bits per heavy atom. The van der Waals surface area contributed by atoms with E-state index in [0.29, 0.717) is 6.54 Å². The molecular weight excluding hydrogens is 310 g/mol. The van der Waals surface area contributed by atoms with Crippen molar-refractivity contribution in [2.24, 2.45) is 0 Å². The van der Waals surface area contributed by atoms with E-state index in [1.54, 1.807) is 4.90 Å². The fourth-order valence-electron chi connectivity index (χ4n) is 2.53. The molecule has 1 saturated heterocycles. The lowest BCUT2D eigenvalue weighted by Crippen LogP contribution is -2.43. The van der Waals surface area contributed by atoms with E-state index in [4.69, 9.17) is 4.74 Å². The molecule has 1 N–H and O–H groups in total. The van der Waals surface area contributed by atoms with E-state index in [9.17, 15) is 14.4 Å². The van der Waals surface area contributed by atoms with Crippen LogP contribution in [0.1, 0.15) is 18.9 Å². The molecule has 130 valence electrons. The number of nitrogens with zero attached hydrogens (tertiary/aromatic N) is 2. The van der Waals surface area contributed by atoms with Crippen LogP contribution < -0.4 is 5.32 Å². The molecule has 1 aliphatic rings. The van der Waals surface area contributed by atoms with Crippen LogP contribution in [0.25, 0.3) is 0 Å². The molecule has 7 heteroatoms. The van der Waals surface area contributed by atoms with E-state index in [-0.39, 0.29) is 38.1 Å². The van der Waals surface area contributed by atoms with Crippen molar-refractivity contribution in [1.82, 2.24) is 9.80 Å². The summed E-state index contributed by atoms with van der Waals surface area (Å²) >= 11 is 0. The van der Waals surface area contributed by atoms with Gasteiger partial charge in [0.2, 0.25) is 11.8 Å². The summed E-state index contributed by atoms with van der Waals surface area (Å²) in [4.78, 5) is 38.7. The lowest BCUT2D eigenvalue weighted by molar-refractivity contribution is -0.129. The molecule has 7 nitrogen and oxygen atoms in total. The fourth-order valence-corrected chi connectivity index (χ4v) is 2.53. The van der Waals surface area contributed by atoms with Crippen molar-refractivity contribution in [3.8, 4) is 0 Å². The van der Waals surface area contributed by atoms with Gasteiger partial charge < -0.3 is 10.1 Å². The third-order valence-corrected chi connectivity index (χ3v) is 3.75. The molecule has 0 radical (unpaired) electrons. The second kappa shape index (κ2) is 8.44. The molecule has 1 aromatic carbocycles. The molecule has 3 amide bonds. The Bertz CT molecular complexity index is 618. The number of aryl methyl sites for hydroxylation is 1. The van der Waals surface area contributed by atoms with E-state index in [0.717, 1.165) is 22.6 Å². The molecule has 1 aromatic rings. The summed E-state index contributed by atoms with van der Waals surface area (Å²) in [6.07, 6.45) is 0.191. The van der Waals surface area contributed by atoms with Gasteiger partial charge in [0.1, 0.15) is 6.61 Å². The molecule has 0 spiro atoms. The number of amides is 3. The van der Waals surface area contributed by atoms with E-state index >= 15 is 0 Å². The topological polar surface area (TPSA) is 79.0 Å². The van der Waals surface area contributed by atoms with Gasteiger partial charge in [-0.2, -0.15) is 0 Å². The zero-order chi connectivity index (χ0) is 17.5. The number of hydrogen-bond donors (Lipinski definition) is 1. The van der Waals surface area contributed by atoms with Crippen LogP contribution in [-0.2, 0) is 14.3 Å². The maximum atomic E-state index is 12.2. The maximum absolute atomic E-state index is 12.2. The Balaban J connectivity index is 1.92. The normalized spacial score (nSPS) is 14.0. The Kier molecular flexibility index (Phi) is 6.31. The standard InChI is InChI=1S/C17H23N3O4/c1-3-8-19(12-16(22)20-9-10-24-17(20)23)11-15(21)18-14-7-5-4-6-13(14)2/h4-7H,3,8-12H2,1-2H3,(H,18,21). The van der Waals surface area contributed by atoms with Crippen LogP contribution >= 0.6 is 0 Å². The maximum Gasteiger partial charge on any atom is 0.416 e. The third-order valence-electron chi connectivity index (χ3n) is 3.75. The average Bonchev–Trinajstić information content (AvgIpc) is 2.96. The molecule has 1 aliphatic heterocycles. The van der Waals surface area contributed by atoms with Gasteiger partial charge in [0.15, 0.2) is 0 Å². The average molecular weight is 333 g/mol. The summed E-state index contributed by atoms with van der Waals surface area (Å²) in [6, 6.07) is 7.52. The molecule has 24 heavy (non-hydrogen) atoms. The summed E-state index contributed by atoms with van der Waals surface area (Å²) in [7, 11) is 0. The van der Waals surface area contributed by atoms with Crippen molar-refractivity contribution in [3.05, 3.63) is 29.8 Å². The summed E-state index contributed by atoms with van der Waals surface area (Å²) in [5, 5.41) is 2.85. The van der Waals surface area contributed by atoms with E-state index in [2.05, 4.69) is 5.32 Å². The monoisotopic (exact) mass is 333 g/mol. The Morgan fingerprint density at radius 2 is 2.04 bits per heavy atom. The van der Waals surface area contributed by atoms with Crippen LogP contribution in [0, 0.1) is 6.92 Å². The van der Waals surface area contributed by atoms with Crippen LogP contribution in [0.4, 0.5) is 10.5 Å². The summed E-state index contributed by atoms with van der Waals surface area (Å²) < 4.78 is 4.77. The number of ether oxygens (including phenoxy) is 1. The third kappa shape index (κ3) is 4.79. The fraction of sp³-hybridized carbons (Fsp3) is 0.471.